The van der Waals surface area contributed by atoms with Crippen LogP contribution in [0, 0.1) is 12.3 Å². The number of benzene rings is 2. The largest absolute Gasteiger partial charge is 0.496 e. The minimum atomic E-state index is 0.705. The first-order valence-electron chi connectivity index (χ1n) is 5.58. The van der Waals surface area contributed by atoms with Crippen molar-refractivity contribution >= 4 is 0 Å². The molecule has 0 radical (unpaired) electrons. The fraction of sp³-hybridized carbons (Fsp3) is 0.125. The van der Waals surface area contributed by atoms with Crippen LogP contribution in [-0.2, 0) is 0 Å². The molecule has 0 amide bonds. The summed E-state index contributed by atoms with van der Waals surface area (Å²) in [6, 6.07) is 13.6. The van der Waals surface area contributed by atoms with Gasteiger partial charge in [0.25, 0.3) is 0 Å². The van der Waals surface area contributed by atoms with E-state index >= 15 is 0 Å². The van der Waals surface area contributed by atoms with Crippen LogP contribution in [0.3, 0.4) is 0 Å². The molecule has 0 fully saturated rings. The van der Waals surface area contributed by atoms with Gasteiger partial charge >= 0.3 is 0 Å². The van der Waals surface area contributed by atoms with Gasteiger partial charge in [0.1, 0.15) is 11.5 Å². The summed E-state index contributed by atoms with van der Waals surface area (Å²) in [4.78, 5) is 0. The molecule has 18 heavy (non-hydrogen) atoms. The molecule has 0 aromatic heterocycles. The molecule has 0 saturated carbocycles. The second-order valence-electron chi connectivity index (χ2n) is 3.76. The Morgan fingerprint density at radius 1 is 0.944 bits per heavy atom. The third-order valence-electron chi connectivity index (χ3n) is 2.77. The molecule has 2 nitrogen and oxygen atoms in total. The van der Waals surface area contributed by atoms with Gasteiger partial charge in [0, 0.05) is 5.56 Å². The third kappa shape index (κ3) is 2.16. The third-order valence-corrected chi connectivity index (χ3v) is 2.77. The van der Waals surface area contributed by atoms with Crippen LogP contribution >= 0.6 is 0 Å². The Labute approximate surface area is 107 Å². The predicted octanol–water partition coefficient (Wildman–Crippen LogP) is 3.35. The Balaban J connectivity index is 2.55. The SMILES string of the molecule is C#Cc1cc(-c2ccccc2OC)ccc1OC. The van der Waals surface area contributed by atoms with Crippen molar-refractivity contribution in [1.82, 2.24) is 0 Å². The summed E-state index contributed by atoms with van der Waals surface area (Å²) in [6.07, 6.45) is 5.48. The summed E-state index contributed by atoms with van der Waals surface area (Å²) >= 11 is 0. The van der Waals surface area contributed by atoms with E-state index in [9.17, 15) is 0 Å². The highest BCUT2D eigenvalue weighted by molar-refractivity contribution is 5.73. The maximum Gasteiger partial charge on any atom is 0.134 e. The van der Waals surface area contributed by atoms with Gasteiger partial charge in [0.2, 0.25) is 0 Å². The van der Waals surface area contributed by atoms with Crippen LogP contribution < -0.4 is 9.47 Å². The number of methoxy groups -OCH3 is 2. The van der Waals surface area contributed by atoms with Gasteiger partial charge in [-0.2, -0.15) is 0 Å². The van der Waals surface area contributed by atoms with Crippen molar-refractivity contribution in [2.75, 3.05) is 14.2 Å². The van der Waals surface area contributed by atoms with Gasteiger partial charge in [-0.3, -0.25) is 0 Å². The molecule has 0 aliphatic heterocycles. The zero-order chi connectivity index (χ0) is 13.0. The van der Waals surface area contributed by atoms with Crippen LogP contribution in [-0.4, -0.2) is 14.2 Å². The molecule has 2 heteroatoms. The summed E-state index contributed by atoms with van der Waals surface area (Å²) in [5.41, 5.74) is 2.77. The molecular formula is C16H14O2. The molecule has 0 bridgehead atoms. The average molecular weight is 238 g/mol. The minimum Gasteiger partial charge on any atom is -0.496 e. The standard InChI is InChI=1S/C16H14O2/c1-4-12-11-13(9-10-15(12)17-2)14-7-5-6-8-16(14)18-3/h1,5-11H,2-3H3. The first-order valence-corrected chi connectivity index (χ1v) is 5.58. The van der Waals surface area contributed by atoms with Crippen LogP contribution in [0.15, 0.2) is 42.5 Å². The summed E-state index contributed by atoms with van der Waals surface area (Å²) in [5, 5.41) is 0. The topological polar surface area (TPSA) is 18.5 Å². The molecule has 0 atom stereocenters. The normalized spacial score (nSPS) is 9.61. The monoisotopic (exact) mass is 238 g/mol. The molecule has 0 aliphatic carbocycles. The number of para-hydroxylation sites is 1. The molecule has 0 heterocycles. The number of hydrogen-bond acceptors (Lipinski definition) is 2. The molecule has 90 valence electrons. The number of hydrogen-bond donors (Lipinski definition) is 0. The maximum absolute atomic E-state index is 5.48. The van der Waals surface area contributed by atoms with E-state index in [1.54, 1.807) is 14.2 Å². The van der Waals surface area contributed by atoms with Crippen LogP contribution in [0.2, 0.25) is 0 Å². The zero-order valence-electron chi connectivity index (χ0n) is 10.4. The Morgan fingerprint density at radius 3 is 2.33 bits per heavy atom. The number of rotatable bonds is 3. The lowest BCUT2D eigenvalue weighted by Crippen LogP contribution is -1.91. The van der Waals surface area contributed by atoms with Crippen molar-refractivity contribution in [2.45, 2.75) is 0 Å². The first kappa shape index (κ1) is 12.1. The molecule has 0 spiro atoms. The van der Waals surface area contributed by atoms with Gasteiger partial charge in [-0.05, 0) is 23.8 Å². The van der Waals surface area contributed by atoms with Gasteiger partial charge < -0.3 is 9.47 Å². The van der Waals surface area contributed by atoms with Crippen LogP contribution in [0.4, 0.5) is 0 Å². The van der Waals surface area contributed by atoms with E-state index in [0.29, 0.717) is 5.75 Å². The van der Waals surface area contributed by atoms with E-state index < -0.39 is 0 Å². The Kier molecular flexibility index (Phi) is 3.54. The highest BCUT2D eigenvalue weighted by atomic mass is 16.5. The Morgan fingerprint density at radius 2 is 1.67 bits per heavy atom. The molecule has 2 rings (SSSR count). The second-order valence-corrected chi connectivity index (χ2v) is 3.76. The van der Waals surface area contributed by atoms with E-state index in [4.69, 9.17) is 15.9 Å². The van der Waals surface area contributed by atoms with Gasteiger partial charge in [-0.15, -0.1) is 6.42 Å². The van der Waals surface area contributed by atoms with E-state index in [-0.39, 0.29) is 0 Å². The fourth-order valence-electron chi connectivity index (χ4n) is 1.87. The Hall–Kier alpha value is -2.40. The maximum atomic E-state index is 5.48. The average Bonchev–Trinajstić information content (AvgIpc) is 2.46. The minimum absolute atomic E-state index is 0.705. The summed E-state index contributed by atoms with van der Waals surface area (Å²) < 4.78 is 10.6. The predicted molar refractivity (Wildman–Crippen MR) is 72.9 cm³/mol. The van der Waals surface area contributed by atoms with Gasteiger partial charge in [-0.25, -0.2) is 0 Å². The first-order chi connectivity index (χ1) is 8.80. The van der Waals surface area contributed by atoms with Crippen molar-refractivity contribution in [3.63, 3.8) is 0 Å². The lowest BCUT2D eigenvalue weighted by molar-refractivity contribution is 0.413. The molecule has 2 aromatic carbocycles. The Bertz CT molecular complexity index is 594. The number of terminal acetylenes is 1. The summed E-state index contributed by atoms with van der Waals surface area (Å²) in [6.45, 7) is 0. The molecule has 0 aliphatic rings. The van der Waals surface area contributed by atoms with Crippen molar-refractivity contribution in [3.8, 4) is 35.0 Å². The zero-order valence-corrected chi connectivity index (χ0v) is 10.4. The van der Waals surface area contributed by atoms with Crippen molar-refractivity contribution < 1.29 is 9.47 Å². The van der Waals surface area contributed by atoms with E-state index in [0.717, 1.165) is 22.4 Å². The molecule has 0 saturated heterocycles. The van der Waals surface area contributed by atoms with Crippen LogP contribution in [0.5, 0.6) is 11.5 Å². The van der Waals surface area contributed by atoms with Gasteiger partial charge in [-0.1, -0.05) is 30.2 Å². The van der Waals surface area contributed by atoms with E-state index in [1.165, 1.54) is 0 Å². The quantitative estimate of drug-likeness (QED) is 0.763. The molecule has 0 N–H and O–H groups in total. The molecule has 0 unspecified atom stereocenters. The van der Waals surface area contributed by atoms with Crippen molar-refractivity contribution in [3.05, 3.63) is 48.0 Å². The van der Waals surface area contributed by atoms with Gasteiger partial charge in [0.15, 0.2) is 0 Å². The van der Waals surface area contributed by atoms with Crippen molar-refractivity contribution in [1.29, 1.82) is 0 Å². The second kappa shape index (κ2) is 5.29. The highest BCUT2D eigenvalue weighted by Gasteiger charge is 2.07. The molecule has 2 aromatic rings. The van der Waals surface area contributed by atoms with Crippen molar-refractivity contribution in [2.24, 2.45) is 0 Å². The lowest BCUT2D eigenvalue weighted by Gasteiger charge is -2.10. The fourth-order valence-corrected chi connectivity index (χ4v) is 1.87. The number of ether oxygens (including phenoxy) is 2. The molecular weight excluding hydrogens is 224 g/mol. The van der Waals surface area contributed by atoms with Gasteiger partial charge in [0.05, 0.1) is 19.8 Å². The highest BCUT2D eigenvalue weighted by Crippen LogP contribution is 2.32. The smallest absolute Gasteiger partial charge is 0.134 e. The summed E-state index contributed by atoms with van der Waals surface area (Å²) in [7, 11) is 3.27. The van der Waals surface area contributed by atoms with E-state index in [2.05, 4.69) is 5.92 Å². The lowest BCUT2D eigenvalue weighted by atomic mass is 10.0. The van der Waals surface area contributed by atoms with E-state index in [1.807, 2.05) is 42.5 Å². The summed E-state index contributed by atoms with van der Waals surface area (Å²) in [5.74, 6) is 4.16. The van der Waals surface area contributed by atoms with Crippen LogP contribution in [0.25, 0.3) is 11.1 Å². The van der Waals surface area contributed by atoms with Crippen LogP contribution in [0.1, 0.15) is 5.56 Å².